The Morgan fingerprint density at radius 2 is 1.79 bits per heavy atom. The standard InChI is InChI=1S/C19H20N6O.2ClH/c1-2-26-14-3-4-15(22-9-14)16-23-24-17(18-10-19(20,11-18)12-18)25(16)13-5-7-21-8-6-13;;/h3-9H,2,10-12,20H2,1H3;2*1H. The van der Waals surface area contributed by atoms with Gasteiger partial charge in [-0.1, -0.05) is 0 Å². The van der Waals surface area contributed by atoms with E-state index in [1.165, 1.54) is 0 Å². The van der Waals surface area contributed by atoms with Gasteiger partial charge in [-0.3, -0.25) is 9.55 Å². The maximum Gasteiger partial charge on any atom is 0.187 e. The first-order valence-electron chi connectivity index (χ1n) is 8.87. The lowest BCUT2D eigenvalue weighted by Crippen LogP contribution is -2.75. The first-order chi connectivity index (χ1) is 12.6. The molecule has 6 rings (SSSR count). The molecule has 0 amide bonds. The predicted molar refractivity (Wildman–Crippen MR) is 110 cm³/mol. The van der Waals surface area contributed by atoms with Crippen molar-refractivity contribution >= 4 is 24.8 Å². The topological polar surface area (TPSA) is 91.7 Å². The highest BCUT2D eigenvalue weighted by Crippen LogP contribution is 2.66. The van der Waals surface area contributed by atoms with Gasteiger partial charge in [0.05, 0.1) is 18.5 Å². The Hall–Kier alpha value is -2.22. The van der Waals surface area contributed by atoms with Gasteiger partial charge < -0.3 is 10.5 Å². The molecule has 0 aliphatic heterocycles. The highest BCUT2D eigenvalue weighted by atomic mass is 35.5. The Morgan fingerprint density at radius 1 is 1.07 bits per heavy atom. The second-order valence-electron chi connectivity index (χ2n) is 7.37. The largest absolute Gasteiger partial charge is 0.492 e. The molecule has 3 aliphatic rings. The summed E-state index contributed by atoms with van der Waals surface area (Å²) in [5.74, 6) is 2.45. The van der Waals surface area contributed by atoms with Crippen LogP contribution in [0.15, 0.2) is 42.9 Å². The summed E-state index contributed by atoms with van der Waals surface area (Å²) in [6, 6.07) is 7.76. The summed E-state index contributed by atoms with van der Waals surface area (Å²) in [5, 5.41) is 9.04. The molecule has 9 heteroatoms. The SMILES string of the molecule is CCOc1ccc(-c2nnc(C34CC(N)(C3)C4)n2-c2ccncc2)nc1.Cl.Cl. The molecule has 28 heavy (non-hydrogen) atoms. The van der Waals surface area contributed by atoms with Crippen molar-refractivity contribution in [1.29, 1.82) is 0 Å². The van der Waals surface area contributed by atoms with E-state index < -0.39 is 0 Å². The summed E-state index contributed by atoms with van der Waals surface area (Å²) in [4.78, 5) is 8.66. The van der Waals surface area contributed by atoms with Crippen LogP contribution in [0, 0.1) is 0 Å². The van der Waals surface area contributed by atoms with E-state index in [9.17, 15) is 0 Å². The van der Waals surface area contributed by atoms with E-state index in [0.29, 0.717) is 6.61 Å². The zero-order chi connectivity index (χ0) is 17.8. The maximum absolute atomic E-state index is 6.27. The van der Waals surface area contributed by atoms with Gasteiger partial charge in [-0.2, -0.15) is 0 Å². The van der Waals surface area contributed by atoms with E-state index in [0.717, 1.165) is 48.0 Å². The number of pyridine rings is 2. The lowest BCUT2D eigenvalue weighted by atomic mass is 9.39. The van der Waals surface area contributed by atoms with E-state index in [1.54, 1.807) is 18.6 Å². The normalized spacial score (nSPS) is 24.2. The summed E-state index contributed by atoms with van der Waals surface area (Å²) in [7, 11) is 0. The van der Waals surface area contributed by atoms with Gasteiger partial charge in [-0.25, -0.2) is 4.98 Å². The third kappa shape index (κ3) is 3.03. The van der Waals surface area contributed by atoms with Crippen molar-refractivity contribution in [3.05, 3.63) is 48.7 Å². The van der Waals surface area contributed by atoms with Crippen molar-refractivity contribution in [2.75, 3.05) is 6.61 Å². The van der Waals surface area contributed by atoms with Gasteiger partial charge in [0.15, 0.2) is 5.82 Å². The van der Waals surface area contributed by atoms with Crippen LogP contribution in [0.4, 0.5) is 0 Å². The summed E-state index contributed by atoms with van der Waals surface area (Å²) in [6.07, 6.45) is 8.20. The number of hydrogen-bond donors (Lipinski definition) is 1. The Morgan fingerprint density at radius 3 is 2.36 bits per heavy atom. The molecule has 0 radical (unpaired) electrons. The van der Waals surface area contributed by atoms with Crippen molar-refractivity contribution in [3.8, 4) is 23.0 Å². The molecule has 3 fully saturated rings. The Labute approximate surface area is 175 Å². The van der Waals surface area contributed by atoms with E-state index in [2.05, 4.69) is 24.7 Å². The monoisotopic (exact) mass is 420 g/mol. The molecule has 3 aliphatic carbocycles. The Balaban J connectivity index is 0.00000112. The van der Waals surface area contributed by atoms with Crippen LogP contribution in [0.2, 0.25) is 0 Å². The molecule has 7 nitrogen and oxygen atoms in total. The highest BCUT2D eigenvalue weighted by molar-refractivity contribution is 5.85. The molecule has 0 atom stereocenters. The molecule has 2 bridgehead atoms. The minimum absolute atomic E-state index is 0. The second kappa shape index (κ2) is 7.31. The number of aromatic nitrogens is 5. The van der Waals surface area contributed by atoms with Crippen LogP contribution in [0.1, 0.15) is 32.0 Å². The van der Waals surface area contributed by atoms with Crippen LogP contribution < -0.4 is 10.5 Å². The highest BCUT2D eigenvalue weighted by Gasteiger charge is 2.68. The number of nitrogens with zero attached hydrogens (tertiary/aromatic N) is 5. The Kier molecular flexibility index (Phi) is 5.36. The van der Waals surface area contributed by atoms with E-state index in [4.69, 9.17) is 10.5 Å². The smallest absolute Gasteiger partial charge is 0.187 e. The molecule has 0 aromatic carbocycles. The van der Waals surface area contributed by atoms with Crippen LogP contribution in [-0.2, 0) is 5.41 Å². The fraction of sp³-hybridized carbons (Fsp3) is 0.368. The number of rotatable bonds is 5. The third-order valence-corrected chi connectivity index (χ3v) is 5.41. The molecule has 3 saturated carbocycles. The van der Waals surface area contributed by atoms with Crippen molar-refractivity contribution in [1.82, 2.24) is 24.7 Å². The summed E-state index contributed by atoms with van der Waals surface area (Å²) in [6.45, 7) is 2.57. The molecular formula is C19H22Cl2N6O. The van der Waals surface area contributed by atoms with E-state index >= 15 is 0 Å². The third-order valence-electron chi connectivity index (χ3n) is 5.41. The Bertz CT molecular complexity index is 941. The van der Waals surface area contributed by atoms with E-state index in [-0.39, 0.29) is 35.8 Å². The zero-order valence-electron chi connectivity index (χ0n) is 15.4. The first-order valence-corrected chi connectivity index (χ1v) is 8.87. The average Bonchev–Trinajstić information content (AvgIpc) is 3.05. The van der Waals surface area contributed by atoms with Crippen LogP contribution in [0.5, 0.6) is 5.75 Å². The number of halogens is 2. The van der Waals surface area contributed by atoms with Crippen molar-refractivity contribution in [2.24, 2.45) is 5.73 Å². The van der Waals surface area contributed by atoms with Crippen molar-refractivity contribution in [2.45, 2.75) is 37.1 Å². The molecule has 3 heterocycles. The van der Waals surface area contributed by atoms with Gasteiger partial charge >= 0.3 is 0 Å². The fourth-order valence-electron chi connectivity index (χ4n) is 4.40. The molecule has 2 N–H and O–H groups in total. The van der Waals surface area contributed by atoms with Crippen LogP contribution in [-0.4, -0.2) is 36.9 Å². The first kappa shape index (κ1) is 20.5. The van der Waals surface area contributed by atoms with Crippen LogP contribution >= 0.6 is 24.8 Å². The second-order valence-corrected chi connectivity index (χ2v) is 7.37. The summed E-state index contributed by atoms with van der Waals surface area (Å²) >= 11 is 0. The lowest BCUT2D eigenvalue weighted by Gasteiger charge is -2.68. The molecule has 148 valence electrons. The number of hydrogen-bond acceptors (Lipinski definition) is 6. The van der Waals surface area contributed by atoms with Gasteiger partial charge in [-0.05, 0) is 50.5 Å². The van der Waals surface area contributed by atoms with Crippen LogP contribution in [0.3, 0.4) is 0 Å². The van der Waals surface area contributed by atoms with Crippen molar-refractivity contribution in [3.63, 3.8) is 0 Å². The predicted octanol–water partition coefficient (Wildman–Crippen LogP) is 3.10. The molecule has 0 spiro atoms. The molecular weight excluding hydrogens is 399 g/mol. The van der Waals surface area contributed by atoms with Gasteiger partial charge in [0.2, 0.25) is 0 Å². The van der Waals surface area contributed by atoms with Crippen molar-refractivity contribution < 1.29 is 4.74 Å². The fourth-order valence-corrected chi connectivity index (χ4v) is 4.40. The number of nitrogens with two attached hydrogens (primary N) is 1. The summed E-state index contributed by atoms with van der Waals surface area (Å²) in [5.41, 5.74) is 8.07. The van der Waals surface area contributed by atoms with Gasteiger partial charge in [0.1, 0.15) is 17.3 Å². The quantitative estimate of drug-likeness (QED) is 0.681. The molecule has 0 unspecified atom stereocenters. The molecule has 0 saturated heterocycles. The lowest BCUT2D eigenvalue weighted by molar-refractivity contribution is -0.0663. The van der Waals surface area contributed by atoms with Crippen LogP contribution in [0.25, 0.3) is 17.2 Å². The molecule has 3 aromatic rings. The van der Waals surface area contributed by atoms with Gasteiger partial charge in [-0.15, -0.1) is 35.0 Å². The summed E-state index contributed by atoms with van der Waals surface area (Å²) < 4.78 is 7.59. The number of ether oxygens (including phenoxy) is 1. The minimum atomic E-state index is 0. The maximum atomic E-state index is 6.27. The zero-order valence-corrected chi connectivity index (χ0v) is 17.0. The minimum Gasteiger partial charge on any atom is -0.492 e. The van der Waals surface area contributed by atoms with Gasteiger partial charge in [0.25, 0.3) is 0 Å². The average molecular weight is 421 g/mol. The van der Waals surface area contributed by atoms with Gasteiger partial charge in [0, 0.05) is 23.3 Å². The van der Waals surface area contributed by atoms with E-state index in [1.807, 2.05) is 31.2 Å². The molecule has 3 aromatic heterocycles.